The molecular formula is C12H13NO4. The summed E-state index contributed by atoms with van der Waals surface area (Å²) in [4.78, 5) is 35.8. The Kier molecular flexibility index (Phi) is 2.11. The molecule has 0 spiro atoms. The average molecular weight is 235 g/mol. The Labute approximate surface area is 98.1 Å². The highest BCUT2D eigenvalue weighted by molar-refractivity contribution is 6.06. The smallest absolute Gasteiger partial charge is 0.305 e. The summed E-state index contributed by atoms with van der Waals surface area (Å²) in [7, 11) is 0. The number of hydrogen-bond acceptors (Lipinski definition) is 3. The molecule has 1 saturated heterocycles. The highest BCUT2D eigenvalue weighted by Gasteiger charge is 2.58. The van der Waals surface area contributed by atoms with Crippen LogP contribution in [0, 0.1) is 23.7 Å². The maximum absolute atomic E-state index is 12.1. The van der Waals surface area contributed by atoms with Crippen LogP contribution in [0.3, 0.4) is 0 Å². The van der Waals surface area contributed by atoms with E-state index >= 15 is 0 Å². The lowest BCUT2D eigenvalue weighted by Crippen LogP contribution is -2.34. The van der Waals surface area contributed by atoms with Crippen LogP contribution in [0.15, 0.2) is 12.2 Å². The fraction of sp³-hybridized carbons (Fsp3) is 0.583. The van der Waals surface area contributed by atoms with Gasteiger partial charge in [-0.1, -0.05) is 12.2 Å². The molecule has 2 fully saturated rings. The zero-order valence-electron chi connectivity index (χ0n) is 9.20. The quantitative estimate of drug-likeness (QED) is 0.562. The van der Waals surface area contributed by atoms with Gasteiger partial charge in [0.15, 0.2) is 0 Å². The number of carboxylic acid groups (broad SMARTS) is 1. The molecule has 5 nitrogen and oxygen atoms in total. The standard InChI is InChI=1S/C12H13NO4/c14-8(15)3-4-13-11(16)9-6-1-2-7(5-6)10(9)12(13)17/h1-2,6-7,9-10H,3-5H2,(H,14,15)/t6-,7+,9-,10+. The number of amides is 2. The van der Waals surface area contributed by atoms with Crippen LogP contribution < -0.4 is 0 Å². The summed E-state index contributed by atoms with van der Waals surface area (Å²) in [5.41, 5.74) is 0. The summed E-state index contributed by atoms with van der Waals surface area (Å²) in [6.07, 6.45) is 4.79. The molecule has 0 aromatic rings. The highest BCUT2D eigenvalue weighted by Crippen LogP contribution is 2.52. The lowest BCUT2D eigenvalue weighted by atomic mass is 9.85. The predicted octanol–water partition coefficient (Wildman–Crippen LogP) is 0.268. The number of aliphatic carboxylic acids is 1. The van der Waals surface area contributed by atoms with Crippen molar-refractivity contribution in [2.45, 2.75) is 12.8 Å². The van der Waals surface area contributed by atoms with Gasteiger partial charge in [0, 0.05) is 6.54 Å². The van der Waals surface area contributed by atoms with E-state index in [4.69, 9.17) is 5.11 Å². The fourth-order valence-electron chi connectivity index (χ4n) is 3.39. The largest absolute Gasteiger partial charge is 0.481 e. The van der Waals surface area contributed by atoms with Crippen molar-refractivity contribution in [2.75, 3.05) is 6.54 Å². The highest BCUT2D eigenvalue weighted by atomic mass is 16.4. The fourth-order valence-corrected chi connectivity index (χ4v) is 3.39. The van der Waals surface area contributed by atoms with Crippen molar-refractivity contribution in [3.8, 4) is 0 Å². The van der Waals surface area contributed by atoms with E-state index in [1.54, 1.807) is 0 Å². The average Bonchev–Trinajstić information content (AvgIpc) is 2.92. The third kappa shape index (κ3) is 1.34. The Morgan fingerprint density at radius 2 is 1.76 bits per heavy atom. The first kappa shape index (κ1) is 10.5. The molecular weight excluding hydrogens is 222 g/mol. The van der Waals surface area contributed by atoms with E-state index in [9.17, 15) is 14.4 Å². The molecule has 4 atom stereocenters. The van der Waals surface area contributed by atoms with Crippen molar-refractivity contribution in [1.29, 1.82) is 0 Å². The van der Waals surface area contributed by atoms with Gasteiger partial charge in [0.1, 0.15) is 0 Å². The number of carboxylic acids is 1. The Balaban J connectivity index is 1.80. The van der Waals surface area contributed by atoms with Crippen molar-refractivity contribution >= 4 is 17.8 Å². The maximum atomic E-state index is 12.1. The SMILES string of the molecule is O=C(O)CCN1C(=O)[C@@H]2[C@H](C1=O)[C@@H]1C=C[C@H]2C1. The van der Waals surface area contributed by atoms with Crippen LogP contribution in [0.1, 0.15) is 12.8 Å². The van der Waals surface area contributed by atoms with Gasteiger partial charge >= 0.3 is 5.97 Å². The van der Waals surface area contributed by atoms with Gasteiger partial charge in [-0.3, -0.25) is 19.3 Å². The summed E-state index contributed by atoms with van der Waals surface area (Å²) in [5.74, 6) is -1.37. The van der Waals surface area contributed by atoms with Crippen LogP contribution >= 0.6 is 0 Å². The minimum atomic E-state index is -0.983. The maximum Gasteiger partial charge on any atom is 0.305 e. The molecule has 5 heteroatoms. The second-order valence-corrected chi connectivity index (χ2v) is 4.97. The van der Waals surface area contributed by atoms with E-state index in [2.05, 4.69) is 0 Å². The summed E-state index contributed by atoms with van der Waals surface area (Å²) >= 11 is 0. The van der Waals surface area contributed by atoms with Crippen LogP contribution in [-0.4, -0.2) is 34.3 Å². The van der Waals surface area contributed by atoms with Crippen LogP contribution in [0.25, 0.3) is 0 Å². The van der Waals surface area contributed by atoms with Gasteiger partial charge in [0.05, 0.1) is 18.3 Å². The zero-order valence-corrected chi connectivity index (χ0v) is 9.20. The topological polar surface area (TPSA) is 74.7 Å². The number of likely N-dealkylation sites (tertiary alicyclic amines) is 1. The Morgan fingerprint density at radius 3 is 2.24 bits per heavy atom. The summed E-state index contributed by atoms with van der Waals surface area (Å²) in [6, 6.07) is 0. The molecule has 1 saturated carbocycles. The number of carbonyl (C=O) groups excluding carboxylic acids is 2. The van der Waals surface area contributed by atoms with Crippen LogP contribution in [-0.2, 0) is 14.4 Å². The predicted molar refractivity (Wildman–Crippen MR) is 56.7 cm³/mol. The molecule has 3 aliphatic rings. The summed E-state index contributed by atoms with van der Waals surface area (Å²) in [5, 5.41) is 8.60. The molecule has 3 rings (SSSR count). The normalized spacial score (nSPS) is 38.0. The number of rotatable bonds is 3. The third-order valence-electron chi connectivity index (χ3n) is 4.11. The van der Waals surface area contributed by atoms with Crippen LogP contribution in [0.4, 0.5) is 0 Å². The lowest BCUT2D eigenvalue weighted by molar-refractivity contribution is -0.142. The molecule has 1 heterocycles. The van der Waals surface area contributed by atoms with Gasteiger partial charge in [-0.05, 0) is 18.3 Å². The molecule has 2 aliphatic carbocycles. The van der Waals surface area contributed by atoms with Crippen molar-refractivity contribution in [3.05, 3.63) is 12.2 Å². The number of allylic oxidation sites excluding steroid dienone is 2. The minimum absolute atomic E-state index is 0.0133. The minimum Gasteiger partial charge on any atom is -0.481 e. The van der Waals surface area contributed by atoms with E-state index in [-0.39, 0.29) is 48.5 Å². The first-order valence-electron chi connectivity index (χ1n) is 5.85. The molecule has 2 amide bonds. The number of nitrogens with zero attached hydrogens (tertiary/aromatic N) is 1. The van der Waals surface area contributed by atoms with E-state index in [1.165, 1.54) is 0 Å². The monoisotopic (exact) mass is 235 g/mol. The van der Waals surface area contributed by atoms with E-state index < -0.39 is 5.97 Å². The van der Waals surface area contributed by atoms with E-state index in [0.717, 1.165) is 11.3 Å². The number of carbonyl (C=O) groups is 3. The van der Waals surface area contributed by atoms with E-state index in [1.807, 2.05) is 12.2 Å². The van der Waals surface area contributed by atoms with Crippen molar-refractivity contribution < 1.29 is 19.5 Å². The molecule has 2 bridgehead atoms. The number of imide groups is 1. The van der Waals surface area contributed by atoms with Crippen LogP contribution in [0.2, 0.25) is 0 Å². The van der Waals surface area contributed by atoms with Gasteiger partial charge in [-0.15, -0.1) is 0 Å². The third-order valence-corrected chi connectivity index (χ3v) is 4.11. The van der Waals surface area contributed by atoms with Gasteiger partial charge in [-0.2, -0.15) is 0 Å². The lowest BCUT2D eigenvalue weighted by Gasteiger charge is -2.15. The van der Waals surface area contributed by atoms with Gasteiger partial charge in [0.25, 0.3) is 0 Å². The van der Waals surface area contributed by atoms with E-state index in [0.29, 0.717) is 0 Å². The molecule has 1 aliphatic heterocycles. The van der Waals surface area contributed by atoms with Crippen molar-refractivity contribution in [2.24, 2.45) is 23.7 Å². The molecule has 0 aromatic carbocycles. The molecule has 0 aromatic heterocycles. The summed E-state index contributed by atoms with van der Waals surface area (Å²) in [6.45, 7) is 0.0133. The first-order chi connectivity index (χ1) is 8.09. The van der Waals surface area contributed by atoms with Gasteiger partial charge in [-0.25, -0.2) is 0 Å². The molecule has 1 N–H and O–H groups in total. The first-order valence-corrected chi connectivity index (χ1v) is 5.85. The van der Waals surface area contributed by atoms with Gasteiger partial charge < -0.3 is 5.11 Å². The molecule has 17 heavy (non-hydrogen) atoms. The zero-order chi connectivity index (χ0) is 12.2. The van der Waals surface area contributed by atoms with Crippen LogP contribution in [0.5, 0.6) is 0 Å². The Bertz CT molecular complexity index is 412. The number of hydrogen-bond donors (Lipinski definition) is 1. The van der Waals surface area contributed by atoms with Crippen molar-refractivity contribution in [1.82, 2.24) is 4.90 Å². The summed E-state index contributed by atoms with van der Waals surface area (Å²) < 4.78 is 0. The number of fused-ring (bicyclic) bond motifs is 5. The Hall–Kier alpha value is -1.65. The molecule has 0 radical (unpaired) electrons. The van der Waals surface area contributed by atoms with Gasteiger partial charge in [0.2, 0.25) is 11.8 Å². The second kappa shape index (κ2) is 3.42. The Morgan fingerprint density at radius 1 is 1.24 bits per heavy atom. The van der Waals surface area contributed by atoms with Crippen molar-refractivity contribution in [3.63, 3.8) is 0 Å². The second-order valence-electron chi connectivity index (χ2n) is 4.97. The molecule has 90 valence electrons. The molecule has 0 unspecified atom stereocenters.